The van der Waals surface area contributed by atoms with E-state index < -0.39 is 12.1 Å². The average Bonchev–Trinajstić information content (AvgIpc) is 3.00. The molecule has 2 unspecified atom stereocenters. The highest BCUT2D eigenvalue weighted by atomic mass is 19.4. The van der Waals surface area contributed by atoms with E-state index in [4.69, 9.17) is 4.42 Å². The molecule has 1 heterocycles. The highest BCUT2D eigenvalue weighted by Crippen LogP contribution is 2.37. The fourth-order valence-corrected chi connectivity index (χ4v) is 2.90. The Bertz CT molecular complexity index is 589. The van der Waals surface area contributed by atoms with Gasteiger partial charge in [-0.25, -0.2) is 4.98 Å². The first kappa shape index (κ1) is 19.6. The van der Waals surface area contributed by atoms with E-state index in [2.05, 4.69) is 20.6 Å². The van der Waals surface area contributed by atoms with Crippen LogP contribution in [0.4, 0.5) is 13.2 Å². The smallest absolute Gasteiger partial charge is 0.391 e. The van der Waals surface area contributed by atoms with Gasteiger partial charge < -0.3 is 15.1 Å². The number of aromatic nitrogens is 1. The summed E-state index contributed by atoms with van der Waals surface area (Å²) in [6.45, 7) is 6.42. The van der Waals surface area contributed by atoms with E-state index in [1.165, 1.54) is 0 Å². The van der Waals surface area contributed by atoms with Gasteiger partial charge in [0.05, 0.1) is 18.7 Å². The zero-order valence-electron chi connectivity index (χ0n) is 15.2. The second-order valence-electron chi connectivity index (χ2n) is 7.54. The first-order chi connectivity index (χ1) is 11.6. The Morgan fingerprint density at radius 2 is 2.04 bits per heavy atom. The van der Waals surface area contributed by atoms with Gasteiger partial charge in [-0.05, 0) is 19.3 Å². The van der Waals surface area contributed by atoms with Crippen LogP contribution in [0.2, 0.25) is 0 Å². The normalized spacial score (nSPS) is 22.8. The molecule has 0 aromatic carbocycles. The molecule has 1 aromatic heterocycles. The van der Waals surface area contributed by atoms with Crippen LogP contribution in [0.15, 0.2) is 15.6 Å². The molecule has 25 heavy (non-hydrogen) atoms. The van der Waals surface area contributed by atoms with Gasteiger partial charge >= 0.3 is 6.18 Å². The van der Waals surface area contributed by atoms with Crippen molar-refractivity contribution in [2.45, 2.75) is 70.6 Å². The molecule has 1 fully saturated rings. The van der Waals surface area contributed by atoms with Gasteiger partial charge in [-0.3, -0.25) is 4.99 Å². The van der Waals surface area contributed by atoms with Crippen molar-refractivity contribution < 1.29 is 17.6 Å². The van der Waals surface area contributed by atoms with Crippen LogP contribution in [0.3, 0.4) is 0 Å². The molecule has 142 valence electrons. The Labute approximate surface area is 146 Å². The molecule has 0 saturated heterocycles. The predicted molar refractivity (Wildman–Crippen MR) is 90.3 cm³/mol. The van der Waals surface area contributed by atoms with E-state index in [9.17, 15) is 13.2 Å². The lowest BCUT2D eigenvalue weighted by molar-refractivity contribution is -0.183. The molecule has 1 aromatic rings. The third-order valence-corrected chi connectivity index (χ3v) is 4.40. The number of oxazole rings is 1. The van der Waals surface area contributed by atoms with Crippen molar-refractivity contribution in [1.29, 1.82) is 0 Å². The zero-order valence-corrected chi connectivity index (χ0v) is 15.2. The fourth-order valence-electron chi connectivity index (χ4n) is 2.90. The number of rotatable bonds is 3. The summed E-state index contributed by atoms with van der Waals surface area (Å²) >= 11 is 0. The van der Waals surface area contributed by atoms with Crippen molar-refractivity contribution in [3.8, 4) is 0 Å². The standard InChI is InChI=1S/C17H27F3N4O/c1-16(2,3)13-9-22-14(25-13)10-23-15(21-4)24-12-7-5-6-11(8-12)17(18,19)20/h9,11-12H,5-8,10H2,1-4H3,(H2,21,23,24). The number of alkyl halides is 3. The number of hydrogen-bond acceptors (Lipinski definition) is 3. The summed E-state index contributed by atoms with van der Waals surface area (Å²) in [4.78, 5) is 8.30. The molecule has 0 bridgehead atoms. The molecule has 5 nitrogen and oxygen atoms in total. The summed E-state index contributed by atoms with van der Waals surface area (Å²) in [5.74, 6) is 0.526. The highest BCUT2D eigenvalue weighted by molar-refractivity contribution is 5.79. The van der Waals surface area contributed by atoms with Gasteiger partial charge in [-0.2, -0.15) is 13.2 Å². The van der Waals surface area contributed by atoms with Gasteiger partial charge in [0.1, 0.15) is 5.76 Å². The molecule has 0 amide bonds. The fraction of sp³-hybridized carbons (Fsp3) is 0.765. The van der Waals surface area contributed by atoms with E-state index in [0.717, 1.165) is 5.76 Å². The molecule has 0 aliphatic heterocycles. The molecule has 2 atom stereocenters. The third-order valence-electron chi connectivity index (χ3n) is 4.40. The van der Waals surface area contributed by atoms with Crippen molar-refractivity contribution in [2.75, 3.05) is 7.05 Å². The highest BCUT2D eigenvalue weighted by Gasteiger charge is 2.42. The maximum Gasteiger partial charge on any atom is 0.391 e. The van der Waals surface area contributed by atoms with Gasteiger partial charge in [0, 0.05) is 18.5 Å². The lowest BCUT2D eigenvalue weighted by Gasteiger charge is -2.31. The molecule has 2 N–H and O–H groups in total. The molecule has 8 heteroatoms. The SMILES string of the molecule is CN=C(NCc1ncc(C(C)(C)C)o1)NC1CCCC(C(F)(F)F)C1. The molecular formula is C17H27F3N4O. The van der Waals surface area contributed by atoms with Crippen molar-refractivity contribution in [3.05, 3.63) is 17.8 Å². The lowest BCUT2D eigenvalue weighted by Crippen LogP contribution is -2.46. The number of nitrogens with one attached hydrogen (secondary N) is 2. The maximum atomic E-state index is 12.9. The lowest BCUT2D eigenvalue weighted by atomic mass is 9.85. The van der Waals surface area contributed by atoms with Crippen molar-refractivity contribution in [3.63, 3.8) is 0 Å². The molecule has 1 aliphatic carbocycles. The summed E-state index contributed by atoms with van der Waals surface area (Å²) in [6, 6.07) is -0.235. The van der Waals surface area contributed by atoms with E-state index in [1.807, 2.05) is 20.8 Å². The third kappa shape index (κ3) is 5.64. The molecule has 1 saturated carbocycles. The van der Waals surface area contributed by atoms with Crippen LogP contribution in [0, 0.1) is 5.92 Å². The monoisotopic (exact) mass is 360 g/mol. The number of guanidine groups is 1. The molecule has 0 radical (unpaired) electrons. The summed E-state index contributed by atoms with van der Waals surface area (Å²) in [7, 11) is 1.59. The molecule has 2 rings (SSSR count). The van der Waals surface area contributed by atoms with Crippen molar-refractivity contribution >= 4 is 5.96 Å². The summed E-state index contributed by atoms with van der Waals surface area (Å²) in [5, 5.41) is 6.14. The van der Waals surface area contributed by atoms with E-state index in [1.54, 1.807) is 13.2 Å². The van der Waals surface area contributed by atoms with E-state index >= 15 is 0 Å². The quantitative estimate of drug-likeness (QED) is 0.636. The van der Waals surface area contributed by atoms with Crippen LogP contribution >= 0.6 is 0 Å². The minimum Gasteiger partial charge on any atom is -0.443 e. The summed E-state index contributed by atoms with van der Waals surface area (Å²) < 4.78 is 44.4. The number of halogens is 3. The van der Waals surface area contributed by atoms with Crippen molar-refractivity contribution in [1.82, 2.24) is 15.6 Å². The Hall–Kier alpha value is -1.73. The molecule has 0 spiro atoms. The van der Waals surface area contributed by atoms with E-state index in [-0.39, 0.29) is 24.3 Å². The van der Waals surface area contributed by atoms with Crippen LogP contribution in [-0.2, 0) is 12.0 Å². The summed E-state index contributed by atoms with van der Waals surface area (Å²) in [6.07, 6.45) is -0.869. The van der Waals surface area contributed by atoms with Gasteiger partial charge in [-0.15, -0.1) is 0 Å². The molecule has 1 aliphatic rings. The minimum absolute atomic E-state index is 0.0807. The van der Waals surface area contributed by atoms with E-state index in [0.29, 0.717) is 31.2 Å². The topological polar surface area (TPSA) is 62.5 Å². The number of aliphatic imine (C=N–C) groups is 1. The Morgan fingerprint density at radius 3 is 2.60 bits per heavy atom. The molecular weight excluding hydrogens is 333 g/mol. The van der Waals surface area contributed by atoms with Crippen LogP contribution < -0.4 is 10.6 Å². The minimum atomic E-state index is -4.13. The first-order valence-corrected chi connectivity index (χ1v) is 8.58. The first-order valence-electron chi connectivity index (χ1n) is 8.58. The van der Waals surface area contributed by atoms with Crippen LogP contribution in [0.25, 0.3) is 0 Å². The van der Waals surface area contributed by atoms with Crippen LogP contribution in [0.1, 0.15) is 58.1 Å². The van der Waals surface area contributed by atoms with Gasteiger partial charge in [0.25, 0.3) is 0 Å². The van der Waals surface area contributed by atoms with Gasteiger partial charge in [-0.1, -0.05) is 27.2 Å². The zero-order chi connectivity index (χ0) is 18.7. The van der Waals surface area contributed by atoms with Crippen molar-refractivity contribution in [2.24, 2.45) is 10.9 Å². The largest absolute Gasteiger partial charge is 0.443 e. The second-order valence-corrected chi connectivity index (χ2v) is 7.54. The van der Waals surface area contributed by atoms with Gasteiger partial charge in [0.15, 0.2) is 5.96 Å². The van der Waals surface area contributed by atoms with Crippen LogP contribution in [0.5, 0.6) is 0 Å². The number of hydrogen-bond donors (Lipinski definition) is 2. The predicted octanol–water partition coefficient (Wildman–Crippen LogP) is 3.76. The summed E-state index contributed by atoms with van der Waals surface area (Å²) in [5.41, 5.74) is -0.125. The number of nitrogens with zero attached hydrogens (tertiary/aromatic N) is 2. The van der Waals surface area contributed by atoms with Gasteiger partial charge in [0.2, 0.25) is 5.89 Å². The second kappa shape index (κ2) is 7.66. The average molecular weight is 360 g/mol. The Kier molecular flexibility index (Phi) is 6.00. The van der Waals surface area contributed by atoms with Crippen LogP contribution in [-0.4, -0.2) is 30.2 Å². The Morgan fingerprint density at radius 1 is 1.32 bits per heavy atom. The Balaban J connectivity index is 1.87. The maximum absolute atomic E-state index is 12.9.